The monoisotopic (exact) mass is 137 g/mol. The quantitative estimate of drug-likeness (QED) is 0.536. The van der Waals surface area contributed by atoms with E-state index in [0.29, 0.717) is 0 Å². The zero-order chi connectivity index (χ0) is 7.72. The summed E-state index contributed by atoms with van der Waals surface area (Å²) >= 11 is 0. The molecule has 0 aromatic rings. The number of ketones is 1. The summed E-state index contributed by atoms with van der Waals surface area (Å²) in [6.07, 6.45) is 3.70. The Balaban J connectivity index is 2.97. The number of Topliss-reactive ketones (excluding diaryl/α,β-unsaturated/α-hetero) is 1. The molecule has 2 N–H and O–H groups in total. The van der Waals surface area contributed by atoms with Crippen molar-refractivity contribution in [3.8, 4) is 0 Å². The maximum Gasteiger partial charge on any atom is 0.179 e. The minimum absolute atomic E-state index is 0.0417. The first-order chi connectivity index (χ1) is 4.63. The van der Waals surface area contributed by atoms with Crippen molar-refractivity contribution in [1.29, 1.82) is 0 Å². The Morgan fingerprint density at radius 3 is 2.50 bits per heavy atom. The van der Waals surface area contributed by atoms with Crippen molar-refractivity contribution < 1.29 is 4.79 Å². The smallest absolute Gasteiger partial charge is 0.179 e. The zero-order valence-electron chi connectivity index (χ0n) is 6.22. The number of rotatable bonds is 0. The van der Waals surface area contributed by atoms with E-state index in [4.69, 9.17) is 5.73 Å². The molecule has 1 aliphatic carbocycles. The lowest BCUT2D eigenvalue weighted by Gasteiger charge is -2.14. The molecular weight excluding hydrogens is 126 g/mol. The summed E-state index contributed by atoms with van der Waals surface area (Å²) in [7, 11) is 0. The molecule has 0 aromatic carbocycles. The van der Waals surface area contributed by atoms with Crippen molar-refractivity contribution in [1.82, 2.24) is 0 Å². The van der Waals surface area contributed by atoms with Crippen LogP contribution in [0.15, 0.2) is 23.3 Å². The summed E-state index contributed by atoms with van der Waals surface area (Å²) in [5.74, 6) is 0.0417. The van der Waals surface area contributed by atoms with E-state index in [-0.39, 0.29) is 5.78 Å². The van der Waals surface area contributed by atoms with Crippen LogP contribution in [0.4, 0.5) is 0 Å². The summed E-state index contributed by atoms with van der Waals surface area (Å²) < 4.78 is 0. The van der Waals surface area contributed by atoms with Gasteiger partial charge >= 0.3 is 0 Å². The Bertz CT molecular complexity index is 223. The Labute approximate surface area is 60.4 Å². The minimum atomic E-state index is -0.398. The number of carbonyl (C=O) groups is 1. The molecule has 2 nitrogen and oxygen atoms in total. The van der Waals surface area contributed by atoms with Gasteiger partial charge in [-0.2, -0.15) is 0 Å². The third-order valence-electron chi connectivity index (χ3n) is 1.76. The average molecular weight is 137 g/mol. The minimum Gasteiger partial charge on any atom is -0.318 e. The normalized spacial score (nSPS) is 25.9. The second-order valence-electron chi connectivity index (χ2n) is 2.60. The van der Waals surface area contributed by atoms with Crippen LogP contribution in [-0.2, 0) is 4.79 Å². The van der Waals surface area contributed by atoms with E-state index >= 15 is 0 Å². The number of allylic oxidation sites excluding steroid dienone is 2. The van der Waals surface area contributed by atoms with Crippen molar-refractivity contribution in [3.63, 3.8) is 0 Å². The number of carbonyl (C=O) groups excluding carboxylic acids is 1. The van der Waals surface area contributed by atoms with Crippen LogP contribution < -0.4 is 5.73 Å². The molecule has 0 fully saturated rings. The van der Waals surface area contributed by atoms with E-state index in [0.717, 1.165) is 11.1 Å². The molecule has 0 spiro atoms. The van der Waals surface area contributed by atoms with Crippen LogP contribution >= 0.6 is 0 Å². The second-order valence-corrected chi connectivity index (χ2v) is 2.60. The van der Waals surface area contributed by atoms with E-state index < -0.39 is 6.04 Å². The fraction of sp³-hybridized carbons (Fsp3) is 0.375. The molecule has 0 amide bonds. The van der Waals surface area contributed by atoms with E-state index in [1.54, 1.807) is 13.0 Å². The first-order valence-corrected chi connectivity index (χ1v) is 3.28. The van der Waals surface area contributed by atoms with Crippen LogP contribution in [0.5, 0.6) is 0 Å². The molecular formula is C8H11NO. The molecule has 2 heteroatoms. The molecule has 0 aliphatic heterocycles. The highest BCUT2D eigenvalue weighted by Crippen LogP contribution is 2.12. The molecule has 10 heavy (non-hydrogen) atoms. The van der Waals surface area contributed by atoms with Gasteiger partial charge in [0.2, 0.25) is 0 Å². The topological polar surface area (TPSA) is 43.1 Å². The van der Waals surface area contributed by atoms with E-state index in [1.807, 2.05) is 13.0 Å². The van der Waals surface area contributed by atoms with Gasteiger partial charge in [0.25, 0.3) is 0 Å². The average Bonchev–Trinajstić information content (AvgIpc) is 1.93. The van der Waals surface area contributed by atoms with Crippen LogP contribution in [0.25, 0.3) is 0 Å². The Hall–Kier alpha value is -0.890. The standard InChI is InChI=1S/C8H11NO/c1-5-3-4-6(2)8(10)7(5)9/h3-4,7H,9H2,1-2H3. The molecule has 1 atom stereocenters. The summed E-state index contributed by atoms with van der Waals surface area (Å²) in [5, 5.41) is 0. The maximum atomic E-state index is 11.1. The zero-order valence-corrected chi connectivity index (χ0v) is 6.22. The predicted octanol–water partition coefficient (Wildman–Crippen LogP) is 0.789. The largest absolute Gasteiger partial charge is 0.318 e. The van der Waals surface area contributed by atoms with E-state index in [1.165, 1.54) is 0 Å². The van der Waals surface area contributed by atoms with Gasteiger partial charge in [-0.25, -0.2) is 0 Å². The van der Waals surface area contributed by atoms with Crippen LogP contribution in [0.1, 0.15) is 13.8 Å². The second kappa shape index (κ2) is 2.39. The van der Waals surface area contributed by atoms with Gasteiger partial charge in [-0.15, -0.1) is 0 Å². The molecule has 0 bridgehead atoms. The third kappa shape index (κ3) is 1.02. The van der Waals surface area contributed by atoms with Crippen LogP contribution in [0.3, 0.4) is 0 Å². The lowest BCUT2D eigenvalue weighted by atomic mass is 9.95. The van der Waals surface area contributed by atoms with Crippen LogP contribution in [0.2, 0.25) is 0 Å². The highest BCUT2D eigenvalue weighted by Gasteiger charge is 2.18. The molecule has 54 valence electrons. The van der Waals surface area contributed by atoms with Gasteiger partial charge < -0.3 is 5.73 Å². The van der Waals surface area contributed by atoms with Crippen LogP contribution in [-0.4, -0.2) is 11.8 Å². The van der Waals surface area contributed by atoms with Crippen molar-refractivity contribution in [2.24, 2.45) is 5.73 Å². The molecule has 0 aromatic heterocycles. The number of hydrogen-bond acceptors (Lipinski definition) is 2. The van der Waals surface area contributed by atoms with E-state index in [9.17, 15) is 4.79 Å². The van der Waals surface area contributed by atoms with Crippen molar-refractivity contribution in [3.05, 3.63) is 23.3 Å². The Kier molecular flexibility index (Phi) is 1.72. The van der Waals surface area contributed by atoms with Crippen molar-refractivity contribution in [2.45, 2.75) is 19.9 Å². The Morgan fingerprint density at radius 2 is 2.00 bits per heavy atom. The van der Waals surface area contributed by atoms with Crippen molar-refractivity contribution >= 4 is 5.78 Å². The highest BCUT2D eigenvalue weighted by atomic mass is 16.1. The molecule has 0 heterocycles. The molecule has 1 aliphatic rings. The van der Waals surface area contributed by atoms with Crippen molar-refractivity contribution in [2.75, 3.05) is 0 Å². The van der Waals surface area contributed by atoms with Gasteiger partial charge in [0.15, 0.2) is 5.78 Å². The summed E-state index contributed by atoms with van der Waals surface area (Å²) in [4.78, 5) is 11.1. The maximum absolute atomic E-state index is 11.1. The predicted molar refractivity (Wildman–Crippen MR) is 40.5 cm³/mol. The molecule has 1 unspecified atom stereocenters. The molecule has 1 rings (SSSR count). The van der Waals surface area contributed by atoms with Gasteiger partial charge in [-0.05, 0) is 25.0 Å². The highest BCUT2D eigenvalue weighted by molar-refractivity contribution is 6.02. The number of hydrogen-bond donors (Lipinski definition) is 1. The van der Waals surface area contributed by atoms with Gasteiger partial charge in [0.05, 0.1) is 6.04 Å². The summed E-state index contributed by atoms with van der Waals surface area (Å²) in [6, 6.07) is -0.398. The fourth-order valence-electron chi connectivity index (χ4n) is 0.894. The van der Waals surface area contributed by atoms with Crippen LogP contribution in [0, 0.1) is 0 Å². The SMILES string of the molecule is CC1=CC=C(C)C(N)C1=O. The fourth-order valence-corrected chi connectivity index (χ4v) is 0.894. The van der Waals surface area contributed by atoms with Gasteiger partial charge in [-0.1, -0.05) is 12.2 Å². The van der Waals surface area contributed by atoms with Gasteiger partial charge in [-0.3, -0.25) is 4.79 Å². The molecule has 0 saturated carbocycles. The molecule has 0 saturated heterocycles. The van der Waals surface area contributed by atoms with Gasteiger partial charge in [0.1, 0.15) is 0 Å². The van der Waals surface area contributed by atoms with Gasteiger partial charge in [0, 0.05) is 0 Å². The number of nitrogens with two attached hydrogens (primary N) is 1. The molecule has 0 radical (unpaired) electrons. The Morgan fingerprint density at radius 1 is 1.40 bits per heavy atom. The first kappa shape index (κ1) is 7.22. The lowest BCUT2D eigenvalue weighted by Crippen LogP contribution is -2.33. The third-order valence-corrected chi connectivity index (χ3v) is 1.76. The summed E-state index contributed by atoms with van der Waals surface area (Å²) in [6.45, 7) is 3.65. The van der Waals surface area contributed by atoms with E-state index in [2.05, 4.69) is 0 Å². The lowest BCUT2D eigenvalue weighted by molar-refractivity contribution is -0.116. The first-order valence-electron chi connectivity index (χ1n) is 3.28. The summed E-state index contributed by atoms with van der Waals surface area (Å²) in [5.41, 5.74) is 7.24.